The maximum absolute atomic E-state index is 11.5. The third-order valence-corrected chi connectivity index (χ3v) is 4.53. The van der Waals surface area contributed by atoms with Crippen molar-refractivity contribution in [2.24, 2.45) is 5.14 Å². The van der Waals surface area contributed by atoms with Crippen molar-refractivity contribution in [3.63, 3.8) is 0 Å². The Hall–Kier alpha value is -1.87. The SMILES string of the molecule is CN(Cc1cc(Cl)cc(Cl)c1)c1cc([N+](=O)[O-])cc(S(N)(=O)=O)c1. The van der Waals surface area contributed by atoms with Crippen LogP contribution in [0.15, 0.2) is 41.3 Å². The van der Waals surface area contributed by atoms with Crippen molar-refractivity contribution in [3.05, 3.63) is 62.1 Å². The van der Waals surface area contributed by atoms with E-state index in [1.807, 2.05) is 0 Å². The van der Waals surface area contributed by atoms with Crippen LogP contribution in [0.1, 0.15) is 5.56 Å². The van der Waals surface area contributed by atoms with Crippen LogP contribution in [0.25, 0.3) is 0 Å². The summed E-state index contributed by atoms with van der Waals surface area (Å²) in [5.41, 5.74) is 0.718. The normalized spacial score (nSPS) is 11.3. The smallest absolute Gasteiger partial charge is 0.272 e. The summed E-state index contributed by atoms with van der Waals surface area (Å²) < 4.78 is 23.1. The second kappa shape index (κ2) is 6.94. The summed E-state index contributed by atoms with van der Waals surface area (Å²) in [7, 11) is -2.42. The molecule has 0 atom stereocenters. The average Bonchev–Trinajstić information content (AvgIpc) is 2.44. The molecule has 0 spiro atoms. The van der Waals surface area contributed by atoms with Gasteiger partial charge in [0, 0.05) is 41.5 Å². The van der Waals surface area contributed by atoms with Crippen molar-refractivity contribution in [2.75, 3.05) is 11.9 Å². The van der Waals surface area contributed by atoms with Gasteiger partial charge in [0.15, 0.2) is 0 Å². The number of nitro groups is 1. The van der Waals surface area contributed by atoms with E-state index in [2.05, 4.69) is 0 Å². The summed E-state index contributed by atoms with van der Waals surface area (Å²) >= 11 is 11.9. The molecule has 0 fully saturated rings. The van der Waals surface area contributed by atoms with E-state index >= 15 is 0 Å². The lowest BCUT2D eigenvalue weighted by molar-refractivity contribution is -0.385. The molecule has 0 heterocycles. The van der Waals surface area contributed by atoms with Crippen molar-refractivity contribution >= 4 is 44.6 Å². The van der Waals surface area contributed by atoms with Crippen LogP contribution in [0.5, 0.6) is 0 Å². The molecule has 0 radical (unpaired) electrons. The first kappa shape index (κ1) is 18.5. The van der Waals surface area contributed by atoms with Crippen LogP contribution in [-0.2, 0) is 16.6 Å². The zero-order chi connectivity index (χ0) is 18.1. The molecular weight excluding hydrogens is 377 g/mol. The molecule has 0 saturated heterocycles. The molecule has 0 saturated carbocycles. The zero-order valence-electron chi connectivity index (χ0n) is 12.4. The van der Waals surface area contributed by atoms with E-state index in [-0.39, 0.29) is 10.6 Å². The average molecular weight is 390 g/mol. The summed E-state index contributed by atoms with van der Waals surface area (Å²) in [6, 6.07) is 8.43. The van der Waals surface area contributed by atoms with Crippen LogP contribution in [0, 0.1) is 10.1 Å². The second-order valence-electron chi connectivity index (χ2n) is 5.12. The van der Waals surface area contributed by atoms with E-state index in [0.29, 0.717) is 22.3 Å². The van der Waals surface area contributed by atoms with Gasteiger partial charge in [0.05, 0.1) is 9.82 Å². The number of nitro benzene ring substituents is 1. The van der Waals surface area contributed by atoms with Gasteiger partial charge in [-0.2, -0.15) is 0 Å². The zero-order valence-corrected chi connectivity index (χ0v) is 14.8. The van der Waals surface area contributed by atoms with Gasteiger partial charge >= 0.3 is 0 Å². The van der Waals surface area contributed by atoms with Crippen LogP contribution in [-0.4, -0.2) is 20.4 Å². The summed E-state index contributed by atoms with van der Waals surface area (Å²) in [6.45, 7) is 0.311. The Bertz CT molecular complexity index is 883. The maximum Gasteiger partial charge on any atom is 0.272 e. The molecule has 24 heavy (non-hydrogen) atoms. The Kier molecular flexibility index (Phi) is 5.34. The van der Waals surface area contributed by atoms with Crippen LogP contribution in [0.3, 0.4) is 0 Å². The molecule has 2 aromatic carbocycles. The second-order valence-corrected chi connectivity index (χ2v) is 7.56. The van der Waals surface area contributed by atoms with Gasteiger partial charge in [0.25, 0.3) is 5.69 Å². The first-order valence-electron chi connectivity index (χ1n) is 6.54. The monoisotopic (exact) mass is 389 g/mol. The predicted octanol–water partition coefficient (Wildman–Crippen LogP) is 3.19. The van der Waals surface area contributed by atoms with E-state index in [0.717, 1.165) is 11.6 Å². The third-order valence-electron chi connectivity index (χ3n) is 3.20. The molecule has 0 aromatic heterocycles. The number of nitrogens with zero attached hydrogens (tertiary/aromatic N) is 2. The third kappa shape index (κ3) is 4.57. The molecule has 128 valence electrons. The van der Waals surface area contributed by atoms with E-state index in [4.69, 9.17) is 28.3 Å². The molecule has 2 N–H and O–H groups in total. The van der Waals surface area contributed by atoms with Gasteiger partial charge in [-0.3, -0.25) is 10.1 Å². The highest BCUT2D eigenvalue weighted by molar-refractivity contribution is 7.89. The van der Waals surface area contributed by atoms with Crippen LogP contribution in [0.4, 0.5) is 11.4 Å². The summed E-state index contributed by atoms with van der Waals surface area (Å²) in [6.07, 6.45) is 0. The summed E-state index contributed by atoms with van der Waals surface area (Å²) in [5.74, 6) is 0. The molecule has 0 aliphatic carbocycles. The molecule has 0 unspecified atom stereocenters. The molecule has 7 nitrogen and oxygen atoms in total. The number of hydrogen-bond acceptors (Lipinski definition) is 5. The standard InChI is InChI=1S/C14H13Cl2N3O4S/c1-18(8-9-2-10(15)4-11(16)3-9)12-5-13(19(20)21)7-14(6-12)24(17,22)23/h2-7H,8H2,1H3,(H2,17,22,23). The largest absolute Gasteiger partial charge is 0.370 e. The van der Waals surface area contributed by atoms with E-state index < -0.39 is 14.9 Å². The Morgan fingerprint density at radius 3 is 2.21 bits per heavy atom. The number of rotatable bonds is 5. The number of halogens is 2. The van der Waals surface area contributed by atoms with Gasteiger partial charge in [-0.1, -0.05) is 23.2 Å². The van der Waals surface area contributed by atoms with E-state index in [9.17, 15) is 18.5 Å². The number of nitrogens with two attached hydrogens (primary N) is 1. The van der Waals surface area contributed by atoms with Crippen LogP contribution >= 0.6 is 23.2 Å². The first-order valence-corrected chi connectivity index (χ1v) is 8.85. The topological polar surface area (TPSA) is 107 Å². The highest BCUT2D eigenvalue weighted by Gasteiger charge is 2.18. The van der Waals surface area contributed by atoms with Crippen molar-refractivity contribution in [1.82, 2.24) is 0 Å². The van der Waals surface area contributed by atoms with Crippen molar-refractivity contribution < 1.29 is 13.3 Å². The van der Waals surface area contributed by atoms with Crippen LogP contribution in [0.2, 0.25) is 10.0 Å². The number of primary sulfonamides is 1. The highest BCUT2D eigenvalue weighted by Crippen LogP contribution is 2.27. The fourth-order valence-corrected chi connectivity index (χ4v) is 3.27. The van der Waals surface area contributed by atoms with Crippen molar-refractivity contribution in [3.8, 4) is 0 Å². The lowest BCUT2D eigenvalue weighted by atomic mass is 10.2. The molecule has 0 aliphatic heterocycles. The lowest BCUT2D eigenvalue weighted by Crippen LogP contribution is -2.18. The Morgan fingerprint density at radius 1 is 1.12 bits per heavy atom. The lowest BCUT2D eigenvalue weighted by Gasteiger charge is -2.20. The first-order chi connectivity index (χ1) is 11.1. The minimum Gasteiger partial charge on any atom is -0.370 e. The number of non-ortho nitro benzene ring substituents is 1. The van der Waals surface area contributed by atoms with Crippen molar-refractivity contribution in [1.29, 1.82) is 0 Å². The van der Waals surface area contributed by atoms with Gasteiger partial charge in [0.1, 0.15) is 0 Å². The highest BCUT2D eigenvalue weighted by atomic mass is 35.5. The fourth-order valence-electron chi connectivity index (χ4n) is 2.13. The summed E-state index contributed by atoms with van der Waals surface area (Å²) in [4.78, 5) is 11.6. The molecule has 0 aliphatic rings. The molecule has 2 aromatic rings. The molecular formula is C14H13Cl2N3O4S. The number of sulfonamides is 1. The predicted molar refractivity (Wildman–Crippen MR) is 93.0 cm³/mol. The maximum atomic E-state index is 11.5. The van der Waals surface area contributed by atoms with Gasteiger partial charge in [-0.25, -0.2) is 13.6 Å². The van der Waals surface area contributed by atoms with Gasteiger partial charge in [-0.05, 0) is 29.8 Å². The summed E-state index contributed by atoms with van der Waals surface area (Å²) in [5, 5.41) is 17.0. The van der Waals surface area contributed by atoms with Crippen LogP contribution < -0.4 is 10.0 Å². The van der Waals surface area contributed by atoms with Crippen molar-refractivity contribution in [2.45, 2.75) is 11.4 Å². The fraction of sp³-hybridized carbons (Fsp3) is 0.143. The van der Waals surface area contributed by atoms with E-state index in [1.165, 1.54) is 12.1 Å². The molecule has 10 heteroatoms. The van der Waals surface area contributed by atoms with E-state index in [1.54, 1.807) is 30.1 Å². The number of hydrogen-bond donors (Lipinski definition) is 1. The number of benzene rings is 2. The molecule has 2 rings (SSSR count). The van der Waals surface area contributed by atoms with Gasteiger partial charge < -0.3 is 4.90 Å². The minimum atomic E-state index is -4.07. The van der Waals surface area contributed by atoms with Gasteiger partial charge in [-0.15, -0.1) is 0 Å². The molecule has 0 amide bonds. The Morgan fingerprint density at radius 2 is 1.71 bits per heavy atom. The Labute approximate surface area is 148 Å². The quantitative estimate of drug-likeness (QED) is 0.623. The molecule has 0 bridgehead atoms. The van der Waals surface area contributed by atoms with Gasteiger partial charge in [0.2, 0.25) is 10.0 Å². The number of anilines is 1. The minimum absolute atomic E-state index is 0.311. The Balaban J connectivity index is 2.42.